The fraction of sp³-hybridized carbons (Fsp3) is 0.862. The van der Waals surface area contributed by atoms with Gasteiger partial charge in [0.25, 0.3) is 7.82 Å². The molecule has 0 bridgehead atoms. The van der Waals surface area contributed by atoms with Crippen molar-refractivity contribution in [1.29, 1.82) is 0 Å². The fourth-order valence-electron chi connectivity index (χ4n) is 8.38. The Kier molecular flexibility index (Phi) is 47.6. The summed E-state index contributed by atoms with van der Waals surface area (Å²) in [6.07, 6.45) is 56.7. The highest BCUT2D eigenvalue weighted by Gasteiger charge is 2.27. The van der Waals surface area contributed by atoms with Gasteiger partial charge in [0.2, 0.25) is 5.91 Å². The summed E-state index contributed by atoms with van der Waals surface area (Å²) < 4.78 is 30.2. The van der Waals surface area contributed by atoms with Crippen LogP contribution in [0.1, 0.15) is 271 Å². The van der Waals surface area contributed by atoms with E-state index in [9.17, 15) is 19.0 Å². The van der Waals surface area contributed by atoms with Crippen LogP contribution in [0.4, 0.5) is 0 Å². The normalized spacial score (nSPS) is 14.0. The molecule has 0 aliphatic rings. The number of allylic oxidation sites excluding steroid dienone is 5. The minimum Gasteiger partial charge on any atom is -0.756 e. The number of quaternary nitrogens is 1. The Balaban J connectivity index is 5.36. The molecule has 0 aromatic carbocycles. The highest BCUT2D eigenvalue weighted by atomic mass is 31.2. The fourth-order valence-corrected chi connectivity index (χ4v) is 9.11. The Hall–Kier alpha value is -1.77. The summed E-state index contributed by atoms with van der Waals surface area (Å²) in [6.45, 7) is 6.75. The van der Waals surface area contributed by atoms with E-state index in [2.05, 4.69) is 50.4 Å². The van der Waals surface area contributed by atoms with Crippen molar-refractivity contribution in [3.8, 4) is 0 Å². The Labute approximate surface area is 421 Å². The van der Waals surface area contributed by atoms with Crippen LogP contribution in [-0.2, 0) is 27.9 Å². The van der Waals surface area contributed by atoms with Gasteiger partial charge in [0.1, 0.15) is 19.3 Å². The SMILES string of the molecule is CC/C=C/C/C=C/CCCCCCCCCC(=O)NC(COP(=O)([O-])OCC[N+](C)(C)C)C(/C=C/CCCCCCCCCCCCC)OC(=O)CCCCCCCCCCCCCCCCC. The van der Waals surface area contributed by atoms with Crippen LogP contribution in [0.25, 0.3) is 0 Å². The first kappa shape index (κ1) is 66.2. The molecule has 1 N–H and O–H groups in total. The van der Waals surface area contributed by atoms with E-state index in [1.54, 1.807) is 0 Å². The smallest absolute Gasteiger partial charge is 0.306 e. The summed E-state index contributed by atoms with van der Waals surface area (Å²) in [5.41, 5.74) is 0. The van der Waals surface area contributed by atoms with Crippen LogP contribution >= 0.6 is 7.82 Å². The second kappa shape index (κ2) is 48.8. The molecular formula is C58H111N2O7P. The predicted octanol–water partition coefficient (Wildman–Crippen LogP) is 16.5. The molecule has 3 unspecified atom stereocenters. The predicted molar refractivity (Wildman–Crippen MR) is 289 cm³/mol. The topological polar surface area (TPSA) is 114 Å². The number of carbonyl (C=O) groups is 2. The zero-order chi connectivity index (χ0) is 50.1. The molecule has 0 aromatic heterocycles. The van der Waals surface area contributed by atoms with Gasteiger partial charge in [0, 0.05) is 12.8 Å². The third-order valence-electron chi connectivity index (χ3n) is 12.8. The summed E-state index contributed by atoms with van der Waals surface area (Å²) in [5, 5.41) is 3.02. The van der Waals surface area contributed by atoms with Crippen molar-refractivity contribution < 1.29 is 37.3 Å². The van der Waals surface area contributed by atoms with Crippen molar-refractivity contribution in [3.63, 3.8) is 0 Å². The third kappa shape index (κ3) is 49.2. The molecule has 0 fully saturated rings. The molecule has 0 aliphatic heterocycles. The Bertz CT molecular complexity index is 1270. The van der Waals surface area contributed by atoms with Gasteiger partial charge in [0.05, 0.1) is 33.8 Å². The van der Waals surface area contributed by atoms with Crippen molar-refractivity contribution in [2.75, 3.05) is 40.9 Å². The van der Waals surface area contributed by atoms with Gasteiger partial charge >= 0.3 is 5.97 Å². The molecule has 0 radical (unpaired) electrons. The number of nitrogens with one attached hydrogen (secondary N) is 1. The molecule has 0 rings (SSSR count). The van der Waals surface area contributed by atoms with E-state index in [0.717, 1.165) is 83.5 Å². The van der Waals surface area contributed by atoms with Crippen LogP contribution in [0.2, 0.25) is 0 Å². The molecule has 0 spiro atoms. The molecule has 0 saturated heterocycles. The minimum atomic E-state index is -4.69. The van der Waals surface area contributed by atoms with Crippen LogP contribution in [0, 0.1) is 0 Å². The molecule has 400 valence electrons. The molecule has 10 heteroatoms. The number of phosphoric ester groups is 1. The summed E-state index contributed by atoms with van der Waals surface area (Å²) in [7, 11) is 1.19. The van der Waals surface area contributed by atoms with Gasteiger partial charge in [-0.25, -0.2) is 0 Å². The van der Waals surface area contributed by atoms with Gasteiger partial charge in [-0.05, 0) is 57.4 Å². The standard InChI is InChI=1S/C58H111N2O7P/c1-7-10-13-16-19-22-25-28-30-33-36-39-42-45-48-51-58(62)67-56(49-46-43-40-37-34-31-27-24-21-18-15-12-9-3)55(54-66-68(63,64)65-53-52-60(4,5)6)59-57(61)50-47-44-41-38-35-32-29-26-23-20-17-14-11-8-2/h11,14,20,23,46,49,55-56H,7-10,12-13,15-19,21-22,24-45,47-48,50-54H2,1-6H3,(H-,59,61,63,64)/b14-11+,23-20+,49-46+. The quantitative estimate of drug-likeness (QED) is 0.0212. The van der Waals surface area contributed by atoms with Gasteiger partial charge < -0.3 is 28.5 Å². The van der Waals surface area contributed by atoms with Crippen molar-refractivity contribution in [3.05, 3.63) is 36.5 Å². The Morgan fingerprint density at radius 1 is 0.529 bits per heavy atom. The third-order valence-corrected chi connectivity index (χ3v) is 13.8. The van der Waals surface area contributed by atoms with Gasteiger partial charge in [-0.1, -0.05) is 237 Å². The zero-order valence-electron chi connectivity index (χ0n) is 45.6. The van der Waals surface area contributed by atoms with Crippen LogP contribution in [-0.4, -0.2) is 69.4 Å². The monoisotopic (exact) mass is 979 g/mol. The molecule has 0 saturated carbocycles. The molecule has 0 aromatic rings. The van der Waals surface area contributed by atoms with Gasteiger partial charge in [-0.15, -0.1) is 0 Å². The summed E-state index contributed by atoms with van der Waals surface area (Å²) in [4.78, 5) is 39.8. The number of hydrogen-bond donors (Lipinski definition) is 1. The van der Waals surface area contributed by atoms with Crippen molar-refractivity contribution in [2.45, 2.75) is 283 Å². The van der Waals surface area contributed by atoms with E-state index in [1.165, 1.54) is 154 Å². The van der Waals surface area contributed by atoms with E-state index >= 15 is 0 Å². The number of hydrogen-bond acceptors (Lipinski definition) is 7. The zero-order valence-corrected chi connectivity index (χ0v) is 46.5. The van der Waals surface area contributed by atoms with Crippen molar-refractivity contribution in [2.24, 2.45) is 0 Å². The maximum absolute atomic E-state index is 13.5. The molecule has 1 amide bonds. The molecule has 0 aliphatic carbocycles. The van der Waals surface area contributed by atoms with Gasteiger partial charge in [0.15, 0.2) is 0 Å². The minimum absolute atomic E-state index is 0.0220. The molecule has 68 heavy (non-hydrogen) atoms. The second-order valence-corrected chi connectivity index (χ2v) is 22.2. The molecule has 9 nitrogen and oxygen atoms in total. The van der Waals surface area contributed by atoms with Gasteiger partial charge in [-0.2, -0.15) is 0 Å². The number of phosphoric acid groups is 1. The van der Waals surface area contributed by atoms with E-state index in [0.29, 0.717) is 17.4 Å². The first-order valence-corrected chi connectivity index (χ1v) is 30.3. The maximum Gasteiger partial charge on any atom is 0.306 e. The average Bonchev–Trinajstić information content (AvgIpc) is 3.29. The Morgan fingerprint density at radius 2 is 0.941 bits per heavy atom. The van der Waals surface area contributed by atoms with Crippen molar-refractivity contribution >= 4 is 19.7 Å². The summed E-state index contributed by atoms with van der Waals surface area (Å²) in [6, 6.07) is -0.887. The number of nitrogens with zero attached hydrogens (tertiary/aromatic N) is 1. The van der Waals surface area contributed by atoms with E-state index in [-0.39, 0.29) is 31.5 Å². The van der Waals surface area contributed by atoms with Crippen LogP contribution < -0.4 is 10.2 Å². The first-order valence-electron chi connectivity index (χ1n) is 28.8. The van der Waals surface area contributed by atoms with Crippen LogP contribution in [0.3, 0.4) is 0 Å². The average molecular weight is 980 g/mol. The summed E-state index contributed by atoms with van der Waals surface area (Å²) in [5.74, 6) is -0.541. The van der Waals surface area contributed by atoms with E-state index in [4.69, 9.17) is 13.8 Å². The molecule has 3 atom stereocenters. The number of rotatable bonds is 52. The molecule has 0 heterocycles. The summed E-state index contributed by atoms with van der Waals surface area (Å²) >= 11 is 0. The maximum atomic E-state index is 13.5. The van der Waals surface area contributed by atoms with Crippen LogP contribution in [0.5, 0.6) is 0 Å². The lowest BCUT2D eigenvalue weighted by atomic mass is 10.0. The van der Waals surface area contributed by atoms with Gasteiger partial charge in [-0.3, -0.25) is 14.2 Å². The lowest BCUT2D eigenvalue weighted by Crippen LogP contribution is -2.47. The molecular weight excluding hydrogens is 868 g/mol. The largest absolute Gasteiger partial charge is 0.756 e. The second-order valence-electron chi connectivity index (χ2n) is 20.8. The van der Waals surface area contributed by atoms with Crippen LogP contribution in [0.15, 0.2) is 36.5 Å². The number of likely N-dealkylation sites (N-methyl/N-ethyl adjacent to an activating group) is 1. The number of amides is 1. The highest BCUT2D eigenvalue weighted by molar-refractivity contribution is 7.45. The lowest BCUT2D eigenvalue weighted by molar-refractivity contribution is -0.870. The van der Waals surface area contributed by atoms with E-state index < -0.39 is 20.0 Å². The Morgan fingerprint density at radius 3 is 1.40 bits per heavy atom. The highest BCUT2D eigenvalue weighted by Crippen LogP contribution is 2.38. The number of carbonyl (C=O) groups excluding carboxylic acids is 2. The van der Waals surface area contributed by atoms with Crippen molar-refractivity contribution in [1.82, 2.24) is 5.32 Å². The van der Waals surface area contributed by atoms with E-state index in [1.807, 2.05) is 33.3 Å². The number of esters is 1. The number of ether oxygens (including phenoxy) is 1. The first-order chi connectivity index (χ1) is 32.9. The number of unbranched alkanes of at least 4 members (excludes halogenated alkanes) is 32. The lowest BCUT2D eigenvalue weighted by Gasteiger charge is -2.30.